The number of ether oxygens (including phenoxy) is 1. The van der Waals surface area contributed by atoms with E-state index in [1.165, 1.54) is 32.1 Å². The number of pyridine rings is 1. The van der Waals surface area contributed by atoms with Crippen LogP contribution >= 0.6 is 0 Å². The van der Waals surface area contributed by atoms with E-state index < -0.39 is 5.60 Å². The Kier molecular flexibility index (Phi) is 13.8. The lowest BCUT2D eigenvalue weighted by Gasteiger charge is -2.61. The maximum absolute atomic E-state index is 13.0. The molecular formula is C42H67N9O3. The van der Waals surface area contributed by atoms with Gasteiger partial charge in [0.15, 0.2) is 0 Å². The maximum Gasteiger partial charge on any atom is 0.410 e. The quantitative estimate of drug-likeness (QED) is 0.230. The third-order valence-electron chi connectivity index (χ3n) is 11.2. The summed E-state index contributed by atoms with van der Waals surface area (Å²) >= 11 is 0. The molecule has 2 aliphatic heterocycles. The third kappa shape index (κ3) is 9.65. The van der Waals surface area contributed by atoms with E-state index in [0.717, 1.165) is 88.1 Å². The summed E-state index contributed by atoms with van der Waals surface area (Å²) in [5.74, 6) is 1.78. The number of carbonyl (C=O) groups excluding carboxylic acids is 2. The third-order valence-corrected chi connectivity index (χ3v) is 11.2. The van der Waals surface area contributed by atoms with E-state index >= 15 is 0 Å². The fourth-order valence-corrected chi connectivity index (χ4v) is 8.37. The Bertz CT molecular complexity index is 1660. The molecule has 12 heteroatoms. The van der Waals surface area contributed by atoms with Crippen LogP contribution in [0.3, 0.4) is 0 Å². The van der Waals surface area contributed by atoms with Crippen LogP contribution in [0.4, 0.5) is 22.2 Å². The first-order valence-corrected chi connectivity index (χ1v) is 20.7. The van der Waals surface area contributed by atoms with Crippen LogP contribution < -0.4 is 10.2 Å². The molecule has 298 valence electrons. The number of nitrogens with zero attached hydrogens (tertiary/aromatic N) is 8. The number of likely N-dealkylation sites (tertiary alicyclic amines) is 1. The molecule has 0 aromatic carbocycles. The number of hydrogen-bond donors (Lipinski definition) is 1. The minimum absolute atomic E-state index is 0.0146. The van der Waals surface area contributed by atoms with E-state index in [0.29, 0.717) is 23.4 Å². The SMILES string of the molecule is CC.CCCCC.CN(C)C(=O)c1cc2cnc(Nc3ccc(N4CCN(CC5CC6(CCN6C(=O)OC(C)(C)C)C5)CC4)cn3)nc2n1C1CCCC1. The highest BCUT2D eigenvalue weighted by molar-refractivity contribution is 5.98. The van der Waals surface area contributed by atoms with Crippen molar-refractivity contribution in [3.8, 4) is 0 Å². The molecular weight excluding hydrogens is 679 g/mol. The number of amides is 2. The molecule has 54 heavy (non-hydrogen) atoms. The van der Waals surface area contributed by atoms with Crippen LogP contribution in [0.2, 0.25) is 0 Å². The molecule has 4 aliphatic rings. The zero-order valence-corrected chi connectivity index (χ0v) is 34.7. The molecule has 12 nitrogen and oxygen atoms in total. The zero-order valence-electron chi connectivity index (χ0n) is 34.7. The van der Waals surface area contributed by atoms with Crippen LogP contribution in [0, 0.1) is 5.92 Å². The highest BCUT2D eigenvalue weighted by atomic mass is 16.6. The lowest BCUT2D eigenvalue weighted by atomic mass is 9.61. The van der Waals surface area contributed by atoms with Gasteiger partial charge < -0.3 is 29.3 Å². The summed E-state index contributed by atoms with van der Waals surface area (Å²) in [5.41, 5.74) is 2.17. The summed E-state index contributed by atoms with van der Waals surface area (Å²) in [6.45, 7) is 20.1. The number of unbranched alkanes of at least 4 members (excludes halogenated alkanes) is 2. The van der Waals surface area contributed by atoms with Crippen LogP contribution in [0.25, 0.3) is 11.0 Å². The lowest BCUT2D eigenvalue weighted by molar-refractivity contribution is -0.108. The second kappa shape index (κ2) is 18.1. The van der Waals surface area contributed by atoms with Crippen molar-refractivity contribution < 1.29 is 14.3 Å². The van der Waals surface area contributed by atoms with Gasteiger partial charge in [0, 0.05) is 76.5 Å². The van der Waals surface area contributed by atoms with Gasteiger partial charge in [-0.2, -0.15) is 4.98 Å². The lowest BCUT2D eigenvalue weighted by Crippen LogP contribution is -2.69. The average Bonchev–Trinajstić information content (AvgIpc) is 3.78. The summed E-state index contributed by atoms with van der Waals surface area (Å²) in [5, 5.41) is 4.16. The van der Waals surface area contributed by atoms with E-state index in [2.05, 4.69) is 44.6 Å². The largest absolute Gasteiger partial charge is 0.444 e. The highest BCUT2D eigenvalue weighted by Gasteiger charge is 2.56. The minimum atomic E-state index is -0.450. The number of carbonyl (C=O) groups is 2. The summed E-state index contributed by atoms with van der Waals surface area (Å²) in [6.07, 6.45) is 15.3. The molecule has 0 radical (unpaired) electrons. The topological polar surface area (TPSA) is 112 Å². The van der Waals surface area contributed by atoms with Crippen molar-refractivity contribution in [3.05, 3.63) is 36.3 Å². The Morgan fingerprint density at radius 1 is 0.963 bits per heavy atom. The van der Waals surface area contributed by atoms with Gasteiger partial charge in [-0.15, -0.1) is 0 Å². The molecule has 2 saturated heterocycles. The Morgan fingerprint density at radius 3 is 2.19 bits per heavy atom. The van der Waals surface area contributed by atoms with E-state index in [1.54, 1.807) is 25.2 Å². The van der Waals surface area contributed by atoms with Crippen LogP contribution in [-0.4, -0.2) is 111 Å². The molecule has 1 spiro atoms. The Balaban J connectivity index is 0.000000742. The predicted molar refractivity (Wildman–Crippen MR) is 219 cm³/mol. The van der Waals surface area contributed by atoms with Gasteiger partial charge in [0.25, 0.3) is 5.91 Å². The molecule has 3 aromatic heterocycles. The van der Waals surface area contributed by atoms with Gasteiger partial charge in [0.05, 0.1) is 11.9 Å². The first-order valence-electron chi connectivity index (χ1n) is 20.7. The first-order chi connectivity index (χ1) is 25.9. The van der Waals surface area contributed by atoms with Gasteiger partial charge in [-0.1, -0.05) is 59.8 Å². The number of rotatable bonds is 9. The van der Waals surface area contributed by atoms with E-state index in [-0.39, 0.29) is 23.6 Å². The van der Waals surface area contributed by atoms with Gasteiger partial charge in [0.2, 0.25) is 5.95 Å². The fourth-order valence-electron chi connectivity index (χ4n) is 8.37. The molecule has 1 N–H and O–H groups in total. The number of anilines is 3. The van der Waals surface area contributed by atoms with Crippen molar-refractivity contribution in [2.24, 2.45) is 5.92 Å². The molecule has 5 heterocycles. The van der Waals surface area contributed by atoms with Crippen LogP contribution in [-0.2, 0) is 4.74 Å². The van der Waals surface area contributed by atoms with Crippen molar-refractivity contribution in [3.63, 3.8) is 0 Å². The number of piperazine rings is 1. The Hall–Kier alpha value is -3.93. The molecule has 2 saturated carbocycles. The van der Waals surface area contributed by atoms with Crippen LogP contribution in [0.5, 0.6) is 0 Å². The van der Waals surface area contributed by atoms with E-state index in [4.69, 9.17) is 14.7 Å². The second-order valence-corrected chi connectivity index (χ2v) is 16.6. The fraction of sp³-hybridized carbons (Fsp3) is 0.690. The minimum Gasteiger partial charge on any atom is -0.444 e. The second-order valence-electron chi connectivity index (χ2n) is 16.6. The number of hydrogen-bond acceptors (Lipinski definition) is 9. The predicted octanol–water partition coefficient (Wildman–Crippen LogP) is 8.52. The van der Waals surface area contributed by atoms with Crippen molar-refractivity contribution >= 4 is 40.5 Å². The van der Waals surface area contributed by atoms with Crippen molar-refractivity contribution in [1.29, 1.82) is 0 Å². The standard InChI is InChI=1S/C35H49N9O3.C5H12.C2H6/c1-34(2,3)47-33(46)43-13-12-35(43)19-24(20-35)23-41-14-16-42(17-15-41)27-10-11-29(36-22-27)38-32-37-21-25-18-28(31(45)40(4)5)44(30(25)39-32)26-8-6-7-9-26;1-3-5-4-2;1-2/h10-11,18,21-22,24,26H,6-9,12-17,19-20,23H2,1-5H3,(H,36,37,38,39);3-5H2,1-2H3;1-2H3. The van der Waals surface area contributed by atoms with Gasteiger partial charge in [0.1, 0.15) is 22.8 Å². The molecule has 7 rings (SSSR count). The summed E-state index contributed by atoms with van der Waals surface area (Å²) < 4.78 is 7.77. The van der Waals surface area contributed by atoms with Crippen LogP contribution in [0.15, 0.2) is 30.6 Å². The van der Waals surface area contributed by atoms with Crippen molar-refractivity contribution in [2.45, 2.75) is 130 Å². The monoisotopic (exact) mass is 746 g/mol. The van der Waals surface area contributed by atoms with Gasteiger partial charge in [-0.3, -0.25) is 9.69 Å². The Labute approximate surface area is 324 Å². The van der Waals surface area contributed by atoms with Gasteiger partial charge in [-0.05, 0) is 77.0 Å². The van der Waals surface area contributed by atoms with Crippen LogP contribution in [0.1, 0.15) is 129 Å². The zero-order chi connectivity index (χ0) is 39.0. The molecule has 0 bridgehead atoms. The van der Waals surface area contributed by atoms with E-state index in [1.807, 2.05) is 57.8 Å². The number of nitrogens with one attached hydrogen (secondary N) is 1. The van der Waals surface area contributed by atoms with E-state index in [9.17, 15) is 9.59 Å². The van der Waals surface area contributed by atoms with Gasteiger partial charge in [-0.25, -0.2) is 14.8 Å². The normalized spacial score (nSPS) is 21.4. The average molecular weight is 746 g/mol. The van der Waals surface area contributed by atoms with Gasteiger partial charge >= 0.3 is 6.09 Å². The molecule has 0 atom stereocenters. The first kappa shape index (κ1) is 41.2. The summed E-state index contributed by atoms with van der Waals surface area (Å²) in [4.78, 5) is 48.3. The molecule has 2 amide bonds. The molecule has 4 fully saturated rings. The summed E-state index contributed by atoms with van der Waals surface area (Å²) in [7, 11) is 3.57. The number of fused-ring (bicyclic) bond motifs is 1. The van der Waals surface area contributed by atoms with Crippen molar-refractivity contribution in [1.82, 2.24) is 34.2 Å². The summed E-state index contributed by atoms with van der Waals surface area (Å²) in [6, 6.07) is 6.28. The van der Waals surface area contributed by atoms with Crippen molar-refractivity contribution in [2.75, 3.05) is 63.6 Å². The molecule has 0 unspecified atom stereocenters. The molecule has 3 aromatic rings. The number of aromatic nitrogens is 4. The smallest absolute Gasteiger partial charge is 0.410 e. The highest BCUT2D eigenvalue weighted by Crippen LogP contribution is 2.51. The molecule has 2 aliphatic carbocycles. The maximum atomic E-state index is 13.0. The Morgan fingerprint density at radius 2 is 1.65 bits per heavy atom.